The van der Waals surface area contributed by atoms with Crippen LogP contribution in [0.5, 0.6) is 0 Å². The van der Waals surface area contributed by atoms with Crippen LogP contribution in [0.15, 0.2) is 23.8 Å². The summed E-state index contributed by atoms with van der Waals surface area (Å²) in [5, 5.41) is 8.59. The second-order valence-corrected chi connectivity index (χ2v) is 3.81. The number of aliphatic hydroxyl groups excluding tert-OH is 1. The van der Waals surface area contributed by atoms with Crippen LogP contribution in [0.25, 0.3) is 0 Å². The molecule has 0 unspecified atom stereocenters. The van der Waals surface area contributed by atoms with Crippen molar-refractivity contribution in [3.8, 4) is 0 Å². The highest BCUT2D eigenvalue weighted by Crippen LogP contribution is 2.01. The molecule has 0 aromatic rings. The first kappa shape index (κ1) is 16.4. The van der Waals surface area contributed by atoms with Gasteiger partial charge in [0.15, 0.2) is 0 Å². The summed E-state index contributed by atoms with van der Waals surface area (Å²) in [7, 11) is 0. The van der Waals surface area contributed by atoms with Gasteiger partial charge in [0.05, 0.1) is 0 Å². The molecule has 0 radical (unpaired) electrons. The molecule has 0 aromatic carbocycles. The predicted octanol–water partition coefficient (Wildman–Crippen LogP) is 1.37. The summed E-state index contributed by atoms with van der Waals surface area (Å²) in [6, 6.07) is 0. The molecule has 0 bridgehead atoms. The van der Waals surface area contributed by atoms with Gasteiger partial charge in [-0.25, -0.2) is 9.59 Å². The summed E-state index contributed by atoms with van der Waals surface area (Å²) in [5.41, 5.74) is 0.788. The second-order valence-electron chi connectivity index (χ2n) is 3.81. The van der Waals surface area contributed by atoms with Gasteiger partial charge in [-0.05, 0) is 26.7 Å². The Bertz CT molecular complexity index is 330. The van der Waals surface area contributed by atoms with Crippen molar-refractivity contribution in [3.63, 3.8) is 0 Å². The normalized spacial score (nSPS) is 10.9. The van der Waals surface area contributed by atoms with Crippen molar-refractivity contribution in [2.24, 2.45) is 0 Å². The zero-order valence-electron chi connectivity index (χ0n) is 10.9. The Balaban J connectivity index is 3.79. The Morgan fingerprint density at radius 3 is 2.22 bits per heavy atom. The van der Waals surface area contributed by atoms with Crippen LogP contribution in [-0.4, -0.2) is 36.9 Å². The number of hydrogen-bond acceptors (Lipinski definition) is 5. The molecule has 0 aliphatic rings. The standard InChI is InChI=1S/C13H20O5/c1-10(2)12(15)17-8-9-18-13(16)11(3)6-4-5-7-14/h6,14H,1,4-5,7-9H2,2-3H3. The van der Waals surface area contributed by atoms with Gasteiger partial charge in [0.1, 0.15) is 13.2 Å². The molecule has 0 saturated heterocycles. The number of ether oxygens (including phenoxy) is 2. The number of allylic oxidation sites excluding steroid dienone is 1. The Hall–Kier alpha value is -1.62. The second kappa shape index (κ2) is 9.41. The van der Waals surface area contributed by atoms with Gasteiger partial charge in [0, 0.05) is 17.8 Å². The van der Waals surface area contributed by atoms with Crippen molar-refractivity contribution in [1.29, 1.82) is 0 Å². The molecule has 0 saturated carbocycles. The minimum absolute atomic E-state index is 0.0152. The summed E-state index contributed by atoms with van der Waals surface area (Å²) in [6.45, 7) is 6.73. The van der Waals surface area contributed by atoms with Crippen LogP contribution in [0.1, 0.15) is 26.7 Å². The average Bonchev–Trinajstić information content (AvgIpc) is 2.33. The number of carbonyl (C=O) groups is 2. The van der Waals surface area contributed by atoms with Crippen LogP contribution < -0.4 is 0 Å². The zero-order chi connectivity index (χ0) is 14.0. The van der Waals surface area contributed by atoms with Crippen LogP contribution in [0.4, 0.5) is 0 Å². The van der Waals surface area contributed by atoms with Crippen LogP contribution in [0.2, 0.25) is 0 Å². The topological polar surface area (TPSA) is 72.8 Å². The maximum Gasteiger partial charge on any atom is 0.333 e. The molecule has 0 fully saturated rings. The van der Waals surface area contributed by atoms with Crippen LogP contribution in [0.3, 0.4) is 0 Å². The van der Waals surface area contributed by atoms with E-state index in [1.54, 1.807) is 19.9 Å². The van der Waals surface area contributed by atoms with E-state index >= 15 is 0 Å². The highest BCUT2D eigenvalue weighted by molar-refractivity contribution is 5.88. The van der Waals surface area contributed by atoms with Crippen molar-refractivity contribution in [1.82, 2.24) is 0 Å². The SMILES string of the molecule is C=C(C)C(=O)OCCOC(=O)C(C)=CCCCO. The Morgan fingerprint density at radius 2 is 1.72 bits per heavy atom. The van der Waals surface area contributed by atoms with E-state index in [0.29, 0.717) is 24.0 Å². The highest BCUT2D eigenvalue weighted by Gasteiger charge is 2.06. The molecule has 0 amide bonds. The number of aliphatic hydroxyl groups is 1. The molecule has 0 atom stereocenters. The minimum atomic E-state index is -0.499. The Morgan fingerprint density at radius 1 is 1.17 bits per heavy atom. The molecule has 18 heavy (non-hydrogen) atoms. The van der Waals surface area contributed by atoms with Crippen molar-refractivity contribution in [2.75, 3.05) is 19.8 Å². The van der Waals surface area contributed by atoms with Gasteiger partial charge in [-0.3, -0.25) is 0 Å². The van der Waals surface area contributed by atoms with Crippen molar-refractivity contribution < 1.29 is 24.2 Å². The van der Waals surface area contributed by atoms with Crippen molar-refractivity contribution in [2.45, 2.75) is 26.7 Å². The summed E-state index contributed by atoms with van der Waals surface area (Å²) < 4.78 is 9.65. The summed E-state index contributed by atoms with van der Waals surface area (Å²) in [4.78, 5) is 22.4. The number of hydrogen-bond donors (Lipinski definition) is 1. The Kier molecular flexibility index (Phi) is 8.57. The molecule has 0 spiro atoms. The summed E-state index contributed by atoms with van der Waals surface area (Å²) >= 11 is 0. The number of esters is 2. The minimum Gasteiger partial charge on any atom is -0.459 e. The van der Waals surface area contributed by atoms with E-state index in [0.717, 1.165) is 0 Å². The van der Waals surface area contributed by atoms with Crippen molar-refractivity contribution in [3.05, 3.63) is 23.8 Å². The van der Waals surface area contributed by atoms with Gasteiger partial charge in [-0.1, -0.05) is 12.7 Å². The molecule has 0 aliphatic carbocycles. The molecule has 0 rings (SSSR count). The van der Waals surface area contributed by atoms with E-state index in [9.17, 15) is 9.59 Å². The molecule has 0 aromatic heterocycles. The maximum atomic E-state index is 11.4. The first-order chi connectivity index (χ1) is 8.49. The lowest BCUT2D eigenvalue weighted by Crippen LogP contribution is -2.14. The first-order valence-electron chi connectivity index (χ1n) is 5.76. The van der Waals surface area contributed by atoms with E-state index < -0.39 is 11.9 Å². The number of carbonyl (C=O) groups excluding carboxylic acids is 2. The van der Waals surface area contributed by atoms with E-state index in [1.807, 2.05) is 0 Å². The largest absolute Gasteiger partial charge is 0.459 e. The monoisotopic (exact) mass is 256 g/mol. The van der Waals surface area contributed by atoms with Crippen LogP contribution in [0, 0.1) is 0 Å². The lowest BCUT2D eigenvalue weighted by Gasteiger charge is -2.06. The van der Waals surface area contributed by atoms with Gasteiger partial charge >= 0.3 is 11.9 Å². The summed E-state index contributed by atoms with van der Waals surface area (Å²) in [6.07, 6.45) is 2.95. The third kappa shape index (κ3) is 7.62. The van der Waals surface area contributed by atoms with E-state index in [2.05, 4.69) is 6.58 Å². The third-order valence-corrected chi connectivity index (χ3v) is 2.03. The molecular weight excluding hydrogens is 236 g/mol. The number of unbranched alkanes of at least 4 members (excludes halogenated alkanes) is 1. The van der Waals surface area contributed by atoms with Crippen LogP contribution >= 0.6 is 0 Å². The third-order valence-electron chi connectivity index (χ3n) is 2.03. The fraction of sp³-hybridized carbons (Fsp3) is 0.538. The molecule has 5 heteroatoms. The fourth-order valence-corrected chi connectivity index (χ4v) is 0.999. The maximum absolute atomic E-state index is 11.4. The molecular formula is C13H20O5. The molecule has 0 aliphatic heterocycles. The van der Waals surface area contributed by atoms with E-state index in [1.165, 1.54) is 0 Å². The van der Waals surface area contributed by atoms with Crippen molar-refractivity contribution >= 4 is 11.9 Å². The highest BCUT2D eigenvalue weighted by atomic mass is 16.6. The summed E-state index contributed by atoms with van der Waals surface area (Å²) in [5.74, 6) is -0.944. The molecule has 102 valence electrons. The van der Waals surface area contributed by atoms with Gasteiger partial charge in [0.25, 0.3) is 0 Å². The van der Waals surface area contributed by atoms with Gasteiger partial charge in [0.2, 0.25) is 0 Å². The Labute approximate surface area is 107 Å². The predicted molar refractivity (Wildman–Crippen MR) is 66.8 cm³/mol. The van der Waals surface area contributed by atoms with Gasteiger partial charge in [-0.2, -0.15) is 0 Å². The average molecular weight is 256 g/mol. The zero-order valence-corrected chi connectivity index (χ0v) is 10.9. The van der Waals surface area contributed by atoms with Gasteiger partial charge < -0.3 is 14.6 Å². The number of rotatable bonds is 8. The first-order valence-corrected chi connectivity index (χ1v) is 5.76. The smallest absolute Gasteiger partial charge is 0.333 e. The fourth-order valence-electron chi connectivity index (χ4n) is 0.999. The lowest BCUT2D eigenvalue weighted by atomic mass is 10.2. The molecule has 0 heterocycles. The van der Waals surface area contributed by atoms with Gasteiger partial charge in [-0.15, -0.1) is 0 Å². The van der Waals surface area contributed by atoms with Crippen LogP contribution in [-0.2, 0) is 19.1 Å². The lowest BCUT2D eigenvalue weighted by molar-refractivity contribution is -0.147. The van der Waals surface area contributed by atoms with E-state index in [4.69, 9.17) is 14.6 Å². The molecule has 1 N–H and O–H groups in total. The van der Waals surface area contributed by atoms with E-state index in [-0.39, 0.29) is 19.8 Å². The quantitative estimate of drug-likeness (QED) is 0.403. The molecule has 5 nitrogen and oxygen atoms in total.